The van der Waals surface area contributed by atoms with Gasteiger partial charge in [0, 0.05) is 11.8 Å². The number of hydrogen-bond acceptors (Lipinski definition) is 5. The lowest BCUT2D eigenvalue weighted by molar-refractivity contribution is 0.0175. The van der Waals surface area contributed by atoms with Crippen LogP contribution in [0, 0.1) is 0 Å². The average molecular weight is 239 g/mol. The molecule has 0 fully saturated rings. The quantitative estimate of drug-likeness (QED) is 0.463. The van der Waals surface area contributed by atoms with Crippen LogP contribution in [0.5, 0.6) is 5.75 Å². The van der Waals surface area contributed by atoms with Crippen molar-refractivity contribution in [1.82, 2.24) is 0 Å². The Morgan fingerprint density at radius 1 is 1.41 bits per heavy atom. The van der Waals surface area contributed by atoms with Crippen molar-refractivity contribution in [2.24, 2.45) is 0 Å². The second-order valence-corrected chi connectivity index (χ2v) is 3.83. The van der Waals surface area contributed by atoms with Crippen molar-refractivity contribution in [3.63, 3.8) is 0 Å². The Kier molecular flexibility index (Phi) is 4.78. The minimum absolute atomic E-state index is 0.0960. The smallest absolute Gasteiger partial charge is 0.341 e. The molecule has 5 nitrogen and oxygen atoms in total. The predicted octanol–water partition coefficient (Wildman–Crippen LogP) is 1.56. The van der Waals surface area contributed by atoms with Crippen molar-refractivity contribution >= 4 is 11.7 Å². The number of carbonyl (C=O) groups is 1. The lowest BCUT2D eigenvalue weighted by atomic mass is 10.2. The molecular formula is C12H17NO4. The summed E-state index contributed by atoms with van der Waals surface area (Å²) in [7, 11) is 0. The van der Waals surface area contributed by atoms with E-state index in [0.717, 1.165) is 0 Å². The second-order valence-electron chi connectivity index (χ2n) is 3.83. The predicted molar refractivity (Wildman–Crippen MR) is 63.9 cm³/mol. The van der Waals surface area contributed by atoms with Crippen molar-refractivity contribution in [2.75, 3.05) is 18.9 Å². The molecule has 1 aromatic rings. The fraction of sp³-hybridized carbons (Fsp3) is 0.417. The number of ether oxygens (including phenoxy) is 2. The summed E-state index contributed by atoms with van der Waals surface area (Å²) < 4.78 is 10.2. The zero-order valence-corrected chi connectivity index (χ0v) is 9.97. The maximum atomic E-state index is 11.5. The van der Waals surface area contributed by atoms with Crippen LogP contribution in [0.4, 0.5) is 5.69 Å². The molecule has 0 radical (unpaired) electrons. The van der Waals surface area contributed by atoms with E-state index < -0.39 is 5.97 Å². The van der Waals surface area contributed by atoms with Gasteiger partial charge in [0.05, 0.1) is 12.7 Å². The monoisotopic (exact) mass is 239 g/mol. The van der Waals surface area contributed by atoms with Crippen molar-refractivity contribution < 1.29 is 19.4 Å². The molecule has 0 bridgehead atoms. The summed E-state index contributed by atoms with van der Waals surface area (Å²) in [6.07, 6.45) is 0.0960. The number of aromatic hydroxyl groups is 1. The Morgan fingerprint density at radius 3 is 2.71 bits per heavy atom. The first-order valence-corrected chi connectivity index (χ1v) is 5.38. The normalized spacial score (nSPS) is 10.5. The highest BCUT2D eigenvalue weighted by Crippen LogP contribution is 2.20. The van der Waals surface area contributed by atoms with E-state index in [1.54, 1.807) is 0 Å². The second kappa shape index (κ2) is 6.10. The van der Waals surface area contributed by atoms with Gasteiger partial charge in [-0.05, 0) is 26.0 Å². The number of carbonyl (C=O) groups excluding carboxylic acids is 1. The molecule has 0 amide bonds. The van der Waals surface area contributed by atoms with Crippen LogP contribution in [0.25, 0.3) is 0 Å². The van der Waals surface area contributed by atoms with Gasteiger partial charge < -0.3 is 20.3 Å². The first kappa shape index (κ1) is 13.3. The zero-order valence-electron chi connectivity index (χ0n) is 9.97. The number of anilines is 1. The molecule has 1 rings (SSSR count). The lowest BCUT2D eigenvalue weighted by Crippen LogP contribution is -2.13. The first-order valence-electron chi connectivity index (χ1n) is 5.38. The van der Waals surface area contributed by atoms with E-state index in [0.29, 0.717) is 12.3 Å². The Morgan fingerprint density at radius 2 is 2.12 bits per heavy atom. The topological polar surface area (TPSA) is 81.8 Å². The number of benzene rings is 1. The highest BCUT2D eigenvalue weighted by atomic mass is 16.6. The third-order valence-electron chi connectivity index (χ3n) is 2.01. The Bertz CT molecular complexity index is 390. The summed E-state index contributed by atoms with van der Waals surface area (Å²) in [5.41, 5.74) is 5.94. The molecule has 0 atom stereocenters. The molecule has 5 heteroatoms. The summed E-state index contributed by atoms with van der Waals surface area (Å²) >= 11 is 0. The van der Waals surface area contributed by atoms with Crippen molar-refractivity contribution in [3.05, 3.63) is 23.8 Å². The molecule has 0 saturated carbocycles. The van der Waals surface area contributed by atoms with Crippen LogP contribution in [0.2, 0.25) is 0 Å². The maximum absolute atomic E-state index is 11.5. The van der Waals surface area contributed by atoms with Crippen LogP contribution >= 0.6 is 0 Å². The Balaban J connectivity index is 2.47. The number of esters is 1. The molecule has 0 saturated heterocycles. The van der Waals surface area contributed by atoms with Gasteiger partial charge in [0.15, 0.2) is 0 Å². The van der Waals surface area contributed by atoms with Crippen molar-refractivity contribution in [3.8, 4) is 5.75 Å². The molecule has 0 aliphatic carbocycles. The molecule has 94 valence electrons. The molecule has 0 unspecified atom stereocenters. The lowest BCUT2D eigenvalue weighted by Gasteiger charge is -2.09. The van der Waals surface area contributed by atoms with Gasteiger partial charge >= 0.3 is 5.97 Å². The Labute approximate surface area is 100 Å². The van der Waals surface area contributed by atoms with Crippen LogP contribution in [0.3, 0.4) is 0 Å². The summed E-state index contributed by atoms with van der Waals surface area (Å²) in [4.78, 5) is 11.5. The van der Waals surface area contributed by atoms with Gasteiger partial charge in [-0.1, -0.05) is 0 Å². The van der Waals surface area contributed by atoms with Gasteiger partial charge in [-0.25, -0.2) is 4.79 Å². The standard InChI is InChI=1S/C12H17NO4/c1-8(2)16-5-6-17-12(15)10-4-3-9(13)7-11(10)14/h3-4,7-8,14H,5-6,13H2,1-2H3. The molecule has 0 spiro atoms. The van der Waals surface area contributed by atoms with Crippen LogP contribution in [-0.4, -0.2) is 30.4 Å². The van der Waals surface area contributed by atoms with Gasteiger partial charge in [0.1, 0.15) is 17.9 Å². The van der Waals surface area contributed by atoms with Crippen molar-refractivity contribution in [2.45, 2.75) is 20.0 Å². The minimum Gasteiger partial charge on any atom is -0.507 e. The highest BCUT2D eigenvalue weighted by molar-refractivity contribution is 5.92. The summed E-state index contributed by atoms with van der Waals surface area (Å²) in [6.45, 7) is 4.28. The molecule has 0 aliphatic heterocycles. The van der Waals surface area contributed by atoms with Crippen LogP contribution < -0.4 is 5.73 Å². The van der Waals surface area contributed by atoms with E-state index in [2.05, 4.69) is 0 Å². The molecule has 0 aliphatic rings. The minimum atomic E-state index is -0.588. The van der Waals surface area contributed by atoms with Gasteiger partial charge in [-0.2, -0.15) is 0 Å². The number of nitrogens with two attached hydrogens (primary N) is 1. The fourth-order valence-electron chi connectivity index (χ4n) is 1.22. The summed E-state index contributed by atoms with van der Waals surface area (Å²) in [5.74, 6) is -0.769. The third-order valence-corrected chi connectivity index (χ3v) is 2.01. The average Bonchev–Trinajstić information content (AvgIpc) is 2.23. The molecule has 3 N–H and O–H groups in total. The van der Waals surface area contributed by atoms with Crippen molar-refractivity contribution in [1.29, 1.82) is 0 Å². The van der Waals surface area contributed by atoms with E-state index in [1.807, 2.05) is 13.8 Å². The molecular weight excluding hydrogens is 222 g/mol. The van der Waals surface area contributed by atoms with E-state index in [4.69, 9.17) is 15.2 Å². The Hall–Kier alpha value is -1.75. The number of nitrogen functional groups attached to an aromatic ring is 1. The van der Waals surface area contributed by atoms with E-state index in [-0.39, 0.29) is 24.0 Å². The third kappa shape index (κ3) is 4.32. The van der Waals surface area contributed by atoms with E-state index in [9.17, 15) is 9.90 Å². The van der Waals surface area contributed by atoms with E-state index in [1.165, 1.54) is 18.2 Å². The number of phenolic OH excluding ortho intramolecular Hbond substituents is 1. The van der Waals surface area contributed by atoms with Gasteiger partial charge in [0.25, 0.3) is 0 Å². The number of phenols is 1. The molecule has 0 aromatic heterocycles. The molecule has 0 heterocycles. The largest absolute Gasteiger partial charge is 0.507 e. The zero-order chi connectivity index (χ0) is 12.8. The maximum Gasteiger partial charge on any atom is 0.341 e. The van der Waals surface area contributed by atoms with Crippen LogP contribution in [0.1, 0.15) is 24.2 Å². The van der Waals surface area contributed by atoms with Gasteiger partial charge in [-0.15, -0.1) is 0 Å². The summed E-state index contributed by atoms with van der Waals surface area (Å²) in [6, 6.07) is 4.26. The van der Waals surface area contributed by atoms with E-state index >= 15 is 0 Å². The van der Waals surface area contributed by atoms with Gasteiger partial charge in [0.2, 0.25) is 0 Å². The summed E-state index contributed by atoms with van der Waals surface area (Å²) in [5, 5.41) is 9.49. The number of hydrogen-bond donors (Lipinski definition) is 2. The first-order chi connectivity index (χ1) is 8.00. The highest BCUT2D eigenvalue weighted by Gasteiger charge is 2.12. The SMILES string of the molecule is CC(C)OCCOC(=O)c1ccc(N)cc1O. The van der Waals surface area contributed by atoms with Gasteiger partial charge in [-0.3, -0.25) is 0 Å². The van der Waals surface area contributed by atoms with Crippen LogP contribution in [-0.2, 0) is 9.47 Å². The fourth-order valence-corrected chi connectivity index (χ4v) is 1.22. The molecule has 1 aromatic carbocycles. The molecule has 17 heavy (non-hydrogen) atoms. The number of rotatable bonds is 5. The van der Waals surface area contributed by atoms with Crippen LogP contribution in [0.15, 0.2) is 18.2 Å².